The van der Waals surface area contributed by atoms with Crippen molar-refractivity contribution in [2.45, 2.75) is 46.1 Å². The van der Waals surface area contributed by atoms with Crippen LogP contribution in [0.5, 0.6) is 0 Å². The van der Waals surface area contributed by atoms with Gasteiger partial charge in [-0.05, 0) is 36.3 Å². The zero-order valence-electron chi connectivity index (χ0n) is 10.3. The Hall–Kier alpha value is -0.0500. The standard InChI is InChI=1S/C13H20ClNS/c1-13(2,3)8-15-10-5-4-6-11-9(10)7-12(14)16-11/h7,10,15H,4-6,8H2,1-3H3. The van der Waals surface area contributed by atoms with E-state index in [0.717, 1.165) is 10.9 Å². The minimum atomic E-state index is 0.345. The van der Waals surface area contributed by atoms with Crippen LogP contribution < -0.4 is 5.32 Å². The van der Waals surface area contributed by atoms with Gasteiger partial charge in [-0.2, -0.15) is 0 Å². The molecule has 0 saturated carbocycles. The van der Waals surface area contributed by atoms with Crippen molar-refractivity contribution >= 4 is 22.9 Å². The predicted molar refractivity (Wildman–Crippen MR) is 72.5 cm³/mol. The summed E-state index contributed by atoms with van der Waals surface area (Å²) in [6, 6.07) is 2.67. The van der Waals surface area contributed by atoms with Crippen LogP contribution >= 0.6 is 22.9 Å². The van der Waals surface area contributed by atoms with Gasteiger partial charge in [-0.25, -0.2) is 0 Å². The summed E-state index contributed by atoms with van der Waals surface area (Å²) in [5, 5.41) is 3.68. The van der Waals surface area contributed by atoms with Gasteiger partial charge < -0.3 is 5.32 Å². The first-order valence-electron chi connectivity index (χ1n) is 5.97. The molecule has 0 amide bonds. The van der Waals surface area contributed by atoms with Crippen molar-refractivity contribution in [2.24, 2.45) is 5.41 Å². The molecule has 3 heteroatoms. The number of nitrogens with one attached hydrogen (secondary N) is 1. The van der Waals surface area contributed by atoms with E-state index in [2.05, 4.69) is 32.2 Å². The molecule has 0 spiro atoms. The largest absolute Gasteiger partial charge is 0.309 e. The van der Waals surface area contributed by atoms with Crippen LogP contribution in [0.4, 0.5) is 0 Å². The van der Waals surface area contributed by atoms with Crippen LogP contribution in [0.15, 0.2) is 6.07 Å². The summed E-state index contributed by atoms with van der Waals surface area (Å²) in [6.07, 6.45) is 3.74. The van der Waals surface area contributed by atoms with E-state index >= 15 is 0 Å². The second kappa shape index (κ2) is 4.67. The first-order chi connectivity index (χ1) is 7.46. The topological polar surface area (TPSA) is 12.0 Å². The van der Waals surface area contributed by atoms with Crippen molar-refractivity contribution in [3.8, 4) is 0 Å². The molecule has 0 fully saturated rings. The van der Waals surface area contributed by atoms with Gasteiger partial charge in [-0.1, -0.05) is 32.4 Å². The molecule has 1 aliphatic carbocycles. The summed E-state index contributed by atoms with van der Waals surface area (Å²) in [6.45, 7) is 7.86. The van der Waals surface area contributed by atoms with Crippen molar-refractivity contribution in [3.63, 3.8) is 0 Å². The Kier molecular flexibility index (Phi) is 3.62. The van der Waals surface area contributed by atoms with Gasteiger partial charge in [0.2, 0.25) is 0 Å². The summed E-state index contributed by atoms with van der Waals surface area (Å²) in [7, 11) is 0. The maximum absolute atomic E-state index is 6.10. The smallest absolute Gasteiger partial charge is 0.0934 e. The summed E-state index contributed by atoms with van der Waals surface area (Å²) >= 11 is 7.85. The fraction of sp³-hybridized carbons (Fsp3) is 0.692. The van der Waals surface area contributed by atoms with Crippen molar-refractivity contribution in [1.82, 2.24) is 5.32 Å². The fourth-order valence-electron chi connectivity index (χ4n) is 2.16. The zero-order chi connectivity index (χ0) is 11.8. The lowest BCUT2D eigenvalue weighted by Gasteiger charge is -2.28. The van der Waals surface area contributed by atoms with Gasteiger partial charge in [0.25, 0.3) is 0 Å². The molecule has 2 rings (SSSR count). The number of hydrogen-bond donors (Lipinski definition) is 1. The Morgan fingerprint density at radius 3 is 2.94 bits per heavy atom. The quantitative estimate of drug-likeness (QED) is 0.827. The molecule has 1 aromatic rings. The summed E-state index contributed by atoms with van der Waals surface area (Å²) in [5.41, 5.74) is 1.79. The van der Waals surface area contributed by atoms with Gasteiger partial charge >= 0.3 is 0 Å². The lowest BCUT2D eigenvalue weighted by Crippen LogP contribution is -2.32. The highest BCUT2D eigenvalue weighted by Gasteiger charge is 2.23. The molecule has 0 bridgehead atoms. The van der Waals surface area contributed by atoms with Crippen LogP contribution in [0.1, 0.15) is 50.1 Å². The number of halogens is 1. The number of hydrogen-bond acceptors (Lipinski definition) is 2. The third-order valence-electron chi connectivity index (χ3n) is 2.96. The SMILES string of the molecule is CC(C)(C)CNC1CCCc2sc(Cl)cc21. The van der Waals surface area contributed by atoms with Crippen molar-refractivity contribution in [3.05, 3.63) is 20.8 Å². The minimum absolute atomic E-state index is 0.345. The first-order valence-corrected chi connectivity index (χ1v) is 7.17. The van der Waals surface area contributed by atoms with Crippen LogP contribution in [0.3, 0.4) is 0 Å². The molecular weight excluding hydrogens is 238 g/mol. The van der Waals surface area contributed by atoms with Crippen LogP contribution in [0.25, 0.3) is 0 Å². The van der Waals surface area contributed by atoms with E-state index in [4.69, 9.17) is 11.6 Å². The second-order valence-corrected chi connectivity index (χ2v) is 7.58. The number of fused-ring (bicyclic) bond motifs is 1. The molecule has 1 aliphatic rings. The van der Waals surface area contributed by atoms with E-state index in [9.17, 15) is 0 Å². The van der Waals surface area contributed by atoms with E-state index in [-0.39, 0.29) is 0 Å². The first kappa shape index (κ1) is 12.4. The molecule has 1 nitrogen and oxygen atoms in total. The van der Waals surface area contributed by atoms with Crippen LogP contribution in [-0.2, 0) is 6.42 Å². The van der Waals surface area contributed by atoms with E-state index in [0.29, 0.717) is 11.5 Å². The lowest BCUT2D eigenvalue weighted by molar-refractivity contribution is 0.338. The molecule has 0 aliphatic heterocycles. The van der Waals surface area contributed by atoms with E-state index < -0.39 is 0 Å². The Labute approximate surface area is 107 Å². The Morgan fingerprint density at radius 1 is 1.50 bits per heavy atom. The molecule has 1 unspecified atom stereocenters. The summed E-state index contributed by atoms with van der Waals surface area (Å²) < 4.78 is 0.939. The molecule has 1 heterocycles. The van der Waals surface area contributed by atoms with Crippen LogP contribution in [0, 0.1) is 5.41 Å². The third kappa shape index (κ3) is 2.99. The molecule has 1 atom stereocenters. The molecule has 16 heavy (non-hydrogen) atoms. The van der Waals surface area contributed by atoms with E-state index in [1.54, 1.807) is 11.3 Å². The average Bonchev–Trinajstić information content (AvgIpc) is 2.54. The lowest BCUT2D eigenvalue weighted by atomic mass is 9.91. The average molecular weight is 258 g/mol. The van der Waals surface area contributed by atoms with Crippen LogP contribution in [0.2, 0.25) is 4.34 Å². The monoisotopic (exact) mass is 257 g/mol. The van der Waals surface area contributed by atoms with Gasteiger partial charge in [-0.15, -0.1) is 11.3 Å². The predicted octanol–water partition coefficient (Wildman–Crippen LogP) is 4.41. The highest BCUT2D eigenvalue weighted by atomic mass is 35.5. The van der Waals surface area contributed by atoms with Crippen molar-refractivity contribution < 1.29 is 0 Å². The highest BCUT2D eigenvalue weighted by molar-refractivity contribution is 7.16. The normalized spacial score (nSPS) is 20.9. The summed E-state index contributed by atoms with van der Waals surface area (Å²) in [5.74, 6) is 0. The van der Waals surface area contributed by atoms with Gasteiger partial charge in [0.05, 0.1) is 4.34 Å². The highest BCUT2D eigenvalue weighted by Crippen LogP contribution is 2.38. The van der Waals surface area contributed by atoms with Gasteiger partial charge in [0.1, 0.15) is 0 Å². The zero-order valence-corrected chi connectivity index (χ0v) is 11.8. The molecule has 0 aromatic carbocycles. The molecule has 90 valence electrons. The Balaban J connectivity index is 2.07. The third-order valence-corrected chi connectivity index (χ3v) is 4.30. The number of aryl methyl sites for hydroxylation is 1. The maximum Gasteiger partial charge on any atom is 0.0934 e. The van der Waals surface area contributed by atoms with Gasteiger partial charge in [0.15, 0.2) is 0 Å². The van der Waals surface area contributed by atoms with Gasteiger partial charge in [0, 0.05) is 17.5 Å². The van der Waals surface area contributed by atoms with Crippen LogP contribution in [-0.4, -0.2) is 6.54 Å². The van der Waals surface area contributed by atoms with Crippen molar-refractivity contribution in [1.29, 1.82) is 0 Å². The number of rotatable bonds is 2. The van der Waals surface area contributed by atoms with E-state index in [1.807, 2.05) is 0 Å². The Bertz CT molecular complexity index is 364. The number of thiophene rings is 1. The second-order valence-electron chi connectivity index (χ2n) is 5.82. The fourth-order valence-corrected chi connectivity index (χ4v) is 3.55. The molecule has 1 N–H and O–H groups in total. The Morgan fingerprint density at radius 2 is 2.25 bits per heavy atom. The molecule has 0 radical (unpaired) electrons. The van der Waals surface area contributed by atoms with E-state index in [1.165, 1.54) is 29.7 Å². The minimum Gasteiger partial charge on any atom is -0.309 e. The van der Waals surface area contributed by atoms with Gasteiger partial charge in [-0.3, -0.25) is 0 Å². The molecule has 0 saturated heterocycles. The molecular formula is C13H20ClNS. The molecule has 1 aromatic heterocycles. The summed E-state index contributed by atoms with van der Waals surface area (Å²) in [4.78, 5) is 1.49. The van der Waals surface area contributed by atoms with Crippen molar-refractivity contribution in [2.75, 3.05) is 6.54 Å². The maximum atomic E-state index is 6.10.